The monoisotopic (exact) mass is 420 g/mol. The lowest BCUT2D eigenvalue weighted by Crippen LogP contribution is -2.37. The summed E-state index contributed by atoms with van der Waals surface area (Å²) in [5.41, 5.74) is 1.09. The van der Waals surface area contributed by atoms with Crippen LogP contribution in [0.25, 0.3) is 0 Å². The predicted molar refractivity (Wildman–Crippen MR) is 106 cm³/mol. The van der Waals surface area contributed by atoms with E-state index in [-0.39, 0.29) is 10.5 Å². The van der Waals surface area contributed by atoms with Crippen LogP contribution in [0, 0.1) is 0 Å². The number of sulfonamides is 1. The first kappa shape index (κ1) is 22.5. The number of hydrogen-bond acceptors (Lipinski definition) is 6. The van der Waals surface area contributed by atoms with Crippen LogP contribution in [0.4, 0.5) is 0 Å². The molecule has 2 rings (SSSR count). The van der Waals surface area contributed by atoms with E-state index >= 15 is 0 Å². The fourth-order valence-corrected chi connectivity index (χ4v) is 3.45. The van der Waals surface area contributed by atoms with E-state index < -0.39 is 28.0 Å². The van der Waals surface area contributed by atoms with Gasteiger partial charge in [-0.25, -0.2) is 13.2 Å². The molecule has 0 spiro atoms. The molecule has 0 aliphatic rings. The van der Waals surface area contributed by atoms with Gasteiger partial charge in [-0.1, -0.05) is 40.9 Å². The summed E-state index contributed by atoms with van der Waals surface area (Å²) in [4.78, 5) is 29.1. The Morgan fingerprint density at radius 3 is 2.45 bits per heavy atom. The van der Waals surface area contributed by atoms with Crippen molar-refractivity contribution < 1.29 is 27.6 Å². The first-order valence-corrected chi connectivity index (χ1v) is 10.4. The summed E-state index contributed by atoms with van der Waals surface area (Å²) in [6.07, 6.45) is -0.375. The van der Waals surface area contributed by atoms with Crippen molar-refractivity contribution in [2.24, 2.45) is 0 Å². The quantitative estimate of drug-likeness (QED) is 0.490. The fourth-order valence-electron chi connectivity index (χ4n) is 2.43. The largest absolute Gasteiger partial charge is 0.449 e. The Kier molecular flexibility index (Phi) is 7.89. The number of nitrogens with one attached hydrogen (secondary N) is 1. The Bertz CT molecular complexity index is 946. The number of rotatable bonds is 9. The summed E-state index contributed by atoms with van der Waals surface area (Å²) in [6, 6.07) is 15.0. The average Bonchev–Trinajstić information content (AvgIpc) is 2.73. The lowest BCUT2D eigenvalue weighted by atomic mass is 10.1. The van der Waals surface area contributed by atoms with Crippen molar-refractivity contribution in [2.75, 3.05) is 20.7 Å². The van der Waals surface area contributed by atoms with Gasteiger partial charge >= 0.3 is 5.97 Å². The van der Waals surface area contributed by atoms with E-state index in [1.165, 1.54) is 45.3 Å². The highest BCUT2D eigenvalue weighted by molar-refractivity contribution is 7.89. The minimum absolute atomic E-state index is 0.0134. The number of carbonyl (C=O) groups is 2. The summed E-state index contributed by atoms with van der Waals surface area (Å²) in [5.74, 6) is -1.23. The van der Waals surface area contributed by atoms with Gasteiger partial charge in [0.05, 0.1) is 17.6 Å². The van der Waals surface area contributed by atoms with Crippen molar-refractivity contribution in [1.82, 2.24) is 9.79 Å². The number of carbonyl (C=O) groups excluding carboxylic acids is 2. The zero-order valence-electron chi connectivity index (χ0n) is 16.5. The maximum atomic E-state index is 12.3. The summed E-state index contributed by atoms with van der Waals surface area (Å²) < 4.78 is 30.4. The van der Waals surface area contributed by atoms with Crippen molar-refractivity contribution >= 4 is 21.9 Å². The predicted octanol–water partition coefficient (Wildman–Crippen LogP) is 1.77. The second-order valence-corrected chi connectivity index (χ2v) is 8.14. The number of esters is 1. The van der Waals surface area contributed by atoms with Gasteiger partial charge in [0.2, 0.25) is 0 Å². The molecule has 9 heteroatoms. The molecule has 0 saturated carbocycles. The zero-order valence-corrected chi connectivity index (χ0v) is 17.3. The summed E-state index contributed by atoms with van der Waals surface area (Å²) in [5, 5.41) is 2.71. The molecule has 0 heterocycles. The smallest absolute Gasteiger partial charge is 0.338 e. The summed E-state index contributed by atoms with van der Waals surface area (Å²) in [7, 11) is -1.45. The Morgan fingerprint density at radius 2 is 1.79 bits per heavy atom. The van der Waals surface area contributed by atoms with E-state index in [4.69, 9.17) is 9.57 Å². The van der Waals surface area contributed by atoms with Crippen LogP contribution in [-0.4, -0.2) is 51.6 Å². The van der Waals surface area contributed by atoms with Crippen molar-refractivity contribution in [1.29, 1.82) is 0 Å². The second-order valence-electron chi connectivity index (χ2n) is 6.20. The lowest BCUT2D eigenvalue weighted by molar-refractivity contribution is -0.129. The second kappa shape index (κ2) is 10.1. The zero-order chi connectivity index (χ0) is 21.4. The molecule has 156 valence electrons. The van der Waals surface area contributed by atoms with E-state index in [1.807, 2.05) is 30.3 Å². The highest BCUT2D eigenvalue weighted by Crippen LogP contribution is 2.17. The highest BCUT2D eigenvalue weighted by Gasteiger charge is 2.23. The Labute approximate surface area is 170 Å². The average molecular weight is 420 g/mol. The normalized spacial score (nSPS) is 12.4. The third-order valence-electron chi connectivity index (χ3n) is 4.17. The molecule has 0 radical (unpaired) electrons. The van der Waals surface area contributed by atoms with Gasteiger partial charge in [0, 0.05) is 13.6 Å². The van der Waals surface area contributed by atoms with E-state index in [0.717, 1.165) is 5.56 Å². The lowest BCUT2D eigenvalue weighted by Gasteiger charge is -2.16. The number of hydrogen-bond donors (Lipinski definition) is 1. The van der Waals surface area contributed by atoms with Gasteiger partial charge in [0.15, 0.2) is 6.10 Å². The molecule has 29 heavy (non-hydrogen) atoms. The molecular formula is C20H24N2O6S. The number of hydroxylamine groups is 1. The van der Waals surface area contributed by atoms with E-state index in [1.54, 1.807) is 0 Å². The van der Waals surface area contributed by atoms with Crippen LogP contribution in [0.5, 0.6) is 0 Å². The van der Waals surface area contributed by atoms with Gasteiger partial charge in [-0.15, -0.1) is 0 Å². The molecular weight excluding hydrogens is 396 g/mol. The van der Waals surface area contributed by atoms with Crippen LogP contribution >= 0.6 is 0 Å². The molecule has 8 nitrogen and oxygen atoms in total. The van der Waals surface area contributed by atoms with Crippen LogP contribution < -0.4 is 5.32 Å². The SMILES string of the molecule is CON(C)S(=O)(=O)c1cccc(C(=O)O[C@H](C)C(=O)NCCc2ccccc2)c1. The number of amides is 1. The molecule has 1 atom stereocenters. The van der Waals surface area contributed by atoms with Crippen molar-refractivity contribution in [3.8, 4) is 0 Å². The Balaban J connectivity index is 1.95. The molecule has 0 aliphatic carbocycles. The van der Waals surface area contributed by atoms with E-state index in [2.05, 4.69) is 5.32 Å². The fraction of sp³-hybridized carbons (Fsp3) is 0.300. The van der Waals surface area contributed by atoms with Crippen LogP contribution in [0.15, 0.2) is 59.5 Å². The number of ether oxygens (including phenoxy) is 1. The maximum Gasteiger partial charge on any atom is 0.338 e. The van der Waals surface area contributed by atoms with Crippen LogP contribution in [-0.2, 0) is 30.8 Å². The Hall–Kier alpha value is -2.75. The highest BCUT2D eigenvalue weighted by atomic mass is 32.2. The maximum absolute atomic E-state index is 12.3. The first-order chi connectivity index (χ1) is 13.8. The van der Waals surface area contributed by atoms with E-state index in [0.29, 0.717) is 17.4 Å². The van der Waals surface area contributed by atoms with Crippen LogP contribution in [0.1, 0.15) is 22.8 Å². The summed E-state index contributed by atoms with van der Waals surface area (Å²) >= 11 is 0. The third-order valence-corrected chi connectivity index (χ3v) is 5.85. The molecule has 0 unspecified atom stereocenters. The van der Waals surface area contributed by atoms with Crippen LogP contribution in [0.3, 0.4) is 0 Å². The van der Waals surface area contributed by atoms with Gasteiger partial charge < -0.3 is 10.1 Å². The molecule has 1 N–H and O–H groups in total. The molecule has 0 fully saturated rings. The molecule has 0 aromatic heterocycles. The van der Waals surface area contributed by atoms with Gasteiger partial charge in [-0.3, -0.25) is 9.63 Å². The van der Waals surface area contributed by atoms with Crippen molar-refractivity contribution in [3.63, 3.8) is 0 Å². The van der Waals surface area contributed by atoms with Crippen molar-refractivity contribution in [2.45, 2.75) is 24.3 Å². The minimum atomic E-state index is -3.90. The molecule has 1 amide bonds. The van der Waals surface area contributed by atoms with Gasteiger partial charge in [-0.2, -0.15) is 0 Å². The summed E-state index contributed by atoms with van der Waals surface area (Å²) in [6.45, 7) is 1.86. The standard InChI is InChI=1S/C20H24N2O6S/c1-15(19(23)21-13-12-16-8-5-4-6-9-16)28-20(24)17-10-7-11-18(14-17)29(25,26)22(2)27-3/h4-11,14-15H,12-13H2,1-3H3,(H,21,23)/t15-/m1/s1. The van der Waals surface area contributed by atoms with Gasteiger partial charge in [-0.05, 0) is 37.1 Å². The van der Waals surface area contributed by atoms with Gasteiger partial charge in [0.1, 0.15) is 0 Å². The topological polar surface area (TPSA) is 102 Å². The molecule has 0 saturated heterocycles. The Morgan fingerprint density at radius 1 is 1.10 bits per heavy atom. The third kappa shape index (κ3) is 6.11. The minimum Gasteiger partial charge on any atom is -0.449 e. The van der Waals surface area contributed by atoms with Crippen LogP contribution in [0.2, 0.25) is 0 Å². The van der Waals surface area contributed by atoms with E-state index in [9.17, 15) is 18.0 Å². The van der Waals surface area contributed by atoms with Gasteiger partial charge in [0.25, 0.3) is 15.9 Å². The number of benzene rings is 2. The molecule has 0 bridgehead atoms. The number of nitrogens with zero attached hydrogens (tertiary/aromatic N) is 1. The first-order valence-electron chi connectivity index (χ1n) is 8.91. The molecule has 0 aliphatic heterocycles. The molecule has 2 aromatic rings. The molecule has 2 aromatic carbocycles. The van der Waals surface area contributed by atoms with Crippen molar-refractivity contribution in [3.05, 3.63) is 65.7 Å².